The lowest BCUT2D eigenvalue weighted by Gasteiger charge is -2.26. The van der Waals surface area contributed by atoms with Crippen molar-refractivity contribution in [2.75, 3.05) is 19.5 Å². The van der Waals surface area contributed by atoms with E-state index in [1.165, 1.54) is 0 Å². The number of sulfone groups is 1. The Labute approximate surface area is 161 Å². The fraction of sp³-hybridized carbons (Fsp3) is 0.600. The first kappa shape index (κ1) is 20.5. The molecule has 1 unspecified atom stereocenters. The highest BCUT2D eigenvalue weighted by molar-refractivity contribution is 7.91. The van der Waals surface area contributed by atoms with Crippen molar-refractivity contribution in [3.63, 3.8) is 0 Å². The van der Waals surface area contributed by atoms with Crippen molar-refractivity contribution in [2.45, 2.75) is 55.4 Å². The normalized spacial score (nSPS) is 33.2. The fourth-order valence-corrected chi connectivity index (χ4v) is 5.57. The highest BCUT2D eigenvalue weighted by Crippen LogP contribution is 2.38. The Hall–Kier alpha value is -1.25. The molecule has 3 rings (SSSR count). The van der Waals surface area contributed by atoms with Gasteiger partial charge in [0.2, 0.25) is 0 Å². The van der Waals surface area contributed by atoms with E-state index in [1.807, 2.05) is 13.8 Å². The number of hydrogen-bond donors (Lipinski definition) is 0. The van der Waals surface area contributed by atoms with Gasteiger partial charge in [0.25, 0.3) is 0 Å². The molecule has 0 bridgehead atoms. The number of benzene rings is 1. The van der Waals surface area contributed by atoms with E-state index in [0.29, 0.717) is 17.9 Å². The van der Waals surface area contributed by atoms with Gasteiger partial charge >= 0.3 is 0 Å². The Morgan fingerprint density at radius 3 is 2.56 bits per heavy atom. The van der Waals surface area contributed by atoms with Crippen LogP contribution in [0.1, 0.15) is 20.3 Å². The SMILES string of the molecule is C=CC[C@@H]1O[C@H](C2COC(C)(C)O2)[C@H](OC)[C@H]1CS(=O)(=O)c1ccccc1. The van der Waals surface area contributed by atoms with Crippen molar-refractivity contribution >= 4 is 9.84 Å². The summed E-state index contributed by atoms with van der Waals surface area (Å²) < 4.78 is 49.4. The van der Waals surface area contributed by atoms with Gasteiger partial charge in [0.05, 0.1) is 29.5 Å². The van der Waals surface area contributed by atoms with Crippen LogP contribution in [-0.4, -0.2) is 58.1 Å². The average molecular weight is 397 g/mol. The van der Waals surface area contributed by atoms with Gasteiger partial charge in [-0.3, -0.25) is 0 Å². The molecule has 5 atom stereocenters. The van der Waals surface area contributed by atoms with E-state index in [2.05, 4.69) is 6.58 Å². The summed E-state index contributed by atoms with van der Waals surface area (Å²) >= 11 is 0. The average Bonchev–Trinajstić information content (AvgIpc) is 3.15. The minimum Gasteiger partial charge on any atom is -0.378 e. The van der Waals surface area contributed by atoms with E-state index in [1.54, 1.807) is 43.5 Å². The summed E-state index contributed by atoms with van der Waals surface area (Å²) in [4.78, 5) is 0.308. The highest BCUT2D eigenvalue weighted by atomic mass is 32.2. The van der Waals surface area contributed by atoms with Gasteiger partial charge in [-0.2, -0.15) is 0 Å². The zero-order valence-electron chi connectivity index (χ0n) is 16.0. The monoisotopic (exact) mass is 396 g/mol. The molecule has 0 radical (unpaired) electrons. The first-order chi connectivity index (χ1) is 12.8. The maximum atomic E-state index is 12.9. The first-order valence-electron chi connectivity index (χ1n) is 9.16. The molecule has 150 valence electrons. The summed E-state index contributed by atoms with van der Waals surface area (Å²) in [5.41, 5.74) is 0. The molecule has 0 amide bonds. The van der Waals surface area contributed by atoms with Crippen LogP contribution in [0.25, 0.3) is 0 Å². The Bertz CT molecular complexity index is 745. The van der Waals surface area contributed by atoms with E-state index in [4.69, 9.17) is 18.9 Å². The van der Waals surface area contributed by atoms with Crippen LogP contribution in [0.2, 0.25) is 0 Å². The lowest BCUT2D eigenvalue weighted by atomic mass is 9.94. The molecular formula is C20H28O6S. The molecule has 27 heavy (non-hydrogen) atoms. The van der Waals surface area contributed by atoms with Crippen LogP contribution in [0.5, 0.6) is 0 Å². The van der Waals surface area contributed by atoms with Gasteiger partial charge in [-0.25, -0.2) is 8.42 Å². The topological polar surface area (TPSA) is 71.1 Å². The van der Waals surface area contributed by atoms with Crippen molar-refractivity contribution in [1.29, 1.82) is 0 Å². The Kier molecular flexibility index (Phi) is 6.08. The minimum atomic E-state index is -3.47. The predicted octanol–water partition coefficient (Wildman–Crippen LogP) is 2.59. The maximum Gasteiger partial charge on any atom is 0.178 e. The number of rotatable bonds is 7. The number of hydrogen-bond acceptors (Lipinski definition) is 6. The molecule has 0 aliphatic carbocycles. The van der Waals surface area contributed by atoms with Crippen molar-refractivity contribution in [2.24, 2.45) is 5.92 Å². The fourth-order valence-electron chi connectivity index (χ4n) is 3.89. The smallest absolute Gasteiger partial charge is 0.178 e. The van der Waals surface area contributed by atoms with Crippen LogP contribution in [0.4, 0.5) is 0 Å². The standard InChI is InChI=1S/C20H28O6S/c1-5-9-16-15(13-27(21,22)14-10-7-6-8-11-14)18(23-4)19(25-16)17-12-24-20(2,3)26-17/h5-8,10-11,15-19H,1,9,12-13H2,2-4H3/t15-,16-,17?,18+,19+/m0/s1. The van der Waals surface area contributed by atoms with E-state index < -0.39 is 27.8 Å². The van der Waals surface area contributed by atoms with Gasteiger partial charge in [0.1, 0.15) is 12.2 Å². The third kappa shape index (κ3) is 4.43. The van der Waals surface area contributed by atoms with Gasteiger partial charge in [-0.1, -0.05) is 24.3 Å². The molecule has 2 aliphatic heterocycles. The summed E-state index contributed by atoms with van der Waals surface area (Å²) in [6, 6.07) is 8.47. The molecular weight excluding hydrogens is 368 g/mol. The lowest BCUT2D eigenvalue weighted by molar-refractivity contribution is -0.162. The molecule has 2 fully saturated rings. The van der Waals surface area contributed by atoms with Crippen LogP contribution in [0.15, 0.2) is 47.9 Å². The third-order valence-electron chi connectivity index (χ3n) is 5.14. The summed E-state index contributed by atoms with van der Waals surface area (Å²) in [6.45, 7) is 7.87. The van der Waals surface area contributed by atoms with Crippen molar-refractivity contribution in [1.82, 2.24) is 0 Å². The predicted molar refractivity (Wildman–Crippen MR) is 101 cm³/mol. The summed E-state index contributed by atoms with van der Waals surface area (Å²) in [7, 11) is -1.89. The van der Waals surface area contributed by atoms with Gasteiger partial charge in [0, 0.05) is 13.0 Å². The quantitative estimate of drug-likeness (QED) is 0.660. The second-order valence-corrected chi connectivity index (χ2v) is 9.52. The van der Waals surface area contributed by atoms with E-state index in [0.717, 1.165) is 0 Å². The number of methoxy groups -OCH3 is 1. The van der Waals surface area contributed by atoms with E-state index >= 15 is 0 Å². The van der Waals surface area contributed by atoms with Crippen LogP contribution >= 0.6 is 0 Å². The van der Waals surface area contributed by atoms with E-state index in [9.17, 15) is 8.42 Å². The van der Waals surface area contributed by atoms with Gasteiger partial charge in [-0.15, -0.1) is 6.58 Å². The van der Waals surface area contributed by atoms with Crippen LogP contribution in [-0.2, 0) is 28.8 Å². The first-order valence-corrected chi connectivity index (χ1v) is 10.8. The lowest BCUT2D eigenvalue weighted by Crippen LogP contribution is -2.41. The Morgan fingerprint density at radius 2 is 2.00 bits per heavy atom. The molecule has 2 aliphatic rings. The van der Waals surface area contributed by atoms with Gasteiger partial charge < -0.3 is 18.9 Å². The Morgan fingerprint density at radius 1 is 1.30 bits per heavy atom. The van der Waals surface area contributed by atoms with Crippen LogP contribution < -0.4 is 0 Å². The highest BCUT2D eigenvalue weighted by Gasteiger charge is 2.52. The van der Waals surface area contributed by atoms with Crippen molar-refractivity contribution in [3.8, 4) is 0 Å². The Balaban J connectivity index is 1.84. The molecule has 6 nitrogen and oxygen atoms in total. The minimum absolute atomic E-state index is 0.0541. The molecule has 0 spiro atoms. The second-order valence-electron chi connectivity index (χ2n) is 7.49. The van der Waals surface area contributed by atoms with Crippen LogP contribution in [0.3, 0.4) is 0 Å². The molecule has 0 N–H and O–H groups in total. The largest absolute Gasteiger partial charge is 0.378 e. The molecule has 0 saturated carbocycles. The van der Waals surface area contributed by atoms with E-state index in [-0.39, 0.29) is 23.9 Å². The third-order valence-corrected chi connectivity index (χ3v) is 6.95. The molecule has 1 aromatic rings. The van der Waals surface area contributed by atoms with Gasteiger partial charge in [-0.05, 0) is 32.4 Å². The maximum absolute atomic E-state index is 12.9. The van der Waals surface area contributed by atoms with Gasteiger partial charge in [0.15, 0.2) is 15.6 Å². The number of ether oxygens (including phenoxy) is 4. The summed E-state index contributed by atoms with van der Waals surface area (Å²) in [5.74, 6) is -1.06. The molecule has 2 heterocycles. The summed E-state index contributed by atoms with van der Waals surface area (Å²) in [5, 5.41) is 0. The van der Waals surface area contributed by atoms with Crippen LogP contribution in [0, 0.1) is 5.92 Å². The second kappa shape index (κ2) is 8.01. The molecule has 1 aromatic carbocycles. The molecule has 0 aromatic heterocycles. The van der Waals surface area contributed by atoms with Crippen molar-refractivity contribution in [3.05, 3.63) is 43.0 Å². The molecule has 2 saturated heterocycles. The summed E-state index contributed by atoms with van der Waals surface area (Å²) in [6.07, 6.45) is 0.888. The molecule has 7 heteroatoms. The van der Waals surface area contributed by atoms with Crippen molar-refractivity contribution < 1.29 is 27.4 Å². The zero-order chi connectivity index (χ0) is 19.7. The zero-order valence-corrected chi connectivity index (χ0v) is 16.9.